The van der Waals surface area contributed by atoms with Crippen LogP contribution in [0.25, 0.3) is 0 Å². The molecule has 0 radical (unpaired) electrons. The van der Waals surface area contributed by atoms with Crippen LogP contribution in [0.15, 0.2) is 18.2 Å². The maximum absolute atomic E-state index is 13.5. The summed E-state index contributed by atoms with van der Waals surface area (Å²) in [7, 11) is 0. The first-order valence-corrected chi connectivity index (χ1v) is 5.75. The van der Waals surface area contributed by atoms with Gasteiger partial charge in [-0.3, -0.25) is 0 Å². The first kappa shape index (κ1) is 13.0. The molecule has 1 aromatic carbocycles. The molecule has 1 N–H and O–H groups in total. The van der Waals surface area contributed by atoms with Crippen LogP contribution >= 0.6 is 0 Å². The fourth-order valence-electron chi connectivity index (χ4n) is 1.43. The van der Waals surface area contributed by atoms with Gasteiger partial charge in [0.1, 0.15) is 0 Å². The van der Waals surface area contributed by atoms with Gasteiger partial charge in [0.2, 0.25) is 0 Å². The highest BCUT2D eigenvalue weighted by Gasteiger charge is 2.07. The van der Waals surface area contributed by atoms with E-state index in [1.54, 1.807) is 19.1 Å². The number of halogens is 1. The maximum Gasteiger partial charge on any atom is 0.165 e. The molecule has 0 spiro atoms. The Bertz CT molecular complexity index is 324. The first-order valence-electron chi connectivity index (χ1n) is 5.75. The van der Waals surface area contributed by atoms with Crippen LogP contribution in [-0.4, -0.2) is 11.7 Å². The van der Waals surface area contributed by atoms with Crippen molar-refractivity contribution in [2.75, 3.05) is 6.61 Å². The molecule has 1 rings (SSSR count). The molecule has 3 heteroatoms. The summed E-state index contributed by atoms with van der Waals surface area (Å²) in [4.78, 5) is 0. The van der Waals surface area contributed by atoms with E-state index in [0.717, 1.165) is 19.3 Å². The van der Waals surface area contributed by atoms with E-state index >= 15 is 0 Å². The molecule has 0 aliphatic rings. The van der Waals surface area contributed by atoms with Gasteiger partial charge in [-0.05, 0) is 31.0 Å². The van der Waals surface area contributed by atoms with Crippen LogP contribution in [-0.2, 0) is 0 Å². The third-order valence-electron chi connectivity index (χ3n) is 2.44. The number of aliphatic hydroxyl groups excluding tert-OH is 1. The summed E-state index contributed by atoms with van der Waals surface area (Å²) < 4.78 is 18.8. The topological polar surface area (TPSA) is 29.5 Å². The molecule has 2 nitrogen and oxygen atoms in total. The van der Waals surface area contributed by atoms with Crippen LogP contribution in [0.4, 0.5) is 4.39 Å². The van der Waals surface area contributed by atoms with Crippen molar-refractivity contribution in [2.24, 2.45) is 0 Å². The zero-order valence-corrected chi connectivity index (χ0v) is 9.87. The van der Waals surface area contributed by atoms with Gasteiger partial charge in [-0.15, -0.1) is 0 Å². The maximum atomic E-state index is 13.5. The van der Waals surface area contributed by atoms with Gasteiger partial charge in [0.05, 0.1) is 12.7 Å². The summed E-state index contributed by atoms with van der Waals surface area (Å²) in [5, 5.41) is 9.28. The molecule has 0 saturated carbocycles. The Hall–Kier alpha value is -1.09. The minimum atomic E-state index is -0.649. The Balaban J connectivity index is 2.54. The van der Waals surface area contributed by atoms with Gasteiger partial charge in [-0.25, -0.2) is 4.39 Å². The van der Waals surface area contributed by atoms with Crippen molar-refractivity contribution in [1.82, 2.24) is 0 Å². The molecule has 0 aromatic heterocycles. The fourth-order valence-corrected chi connectivity index (χ4v) is 1.43. The monoisotopic (exact) mass is 226 g/mol. The number of hydrogen-bond donors (Lipinski definition) is 1. The molecule has 16 heavy (non-hydrogen) atoms. The van der Waals surface area contributed by atoms with Crippen molar-refractivity contribution < 1.29 is 14.2 Å². The van der Waals surface area contributed by atoms with Crippen molar-refractivity contribution >= 4 is 0 Å². The van der Waals surface area contributed by atoms with Gasteiger partial charge < -0.3 is 9.84 Å². The molecule has 0 saturated heterocycles. The molecule has 0 amide bonds. The van der Waals surface area contributed by atoms with E-state index in [9.17, 15) is 9.50 Å². The number of benzene rings is 1. The molecule has 0 aliphatic carbocycles. The summed E-state index contributed by atoms with van der Waals surface area (Å²) in [6.45, 7) is 4.26. The quantitative estimate of drug-likeness (QED) is 0.753. The lowest BCUT2D eigenvalue weighted by molar-refractivity contribution is 0.198. The zero-order valence-electron chi connectivity index (χ0n) is 9.87. The van der Waals surface area contributed by atoms with Gasteiger partial charge in [0.15, 0.2) is 11.6 Å². The largest absolute Gasteiger partial charge is 0.491 e. The predicted molar refractivity (Wildman–Crippen MR) is 62.1 cm³/mol. The minimum Gasteiger partial charge on any atom is -0.491 e. The number of aliphatic hydroxyl groups is 1. The average Bonchev–Trinajstić information content (AvgIpc) is 2.26. The Morgan fingerprint density at radius 3 is 2.69 bits per heavy atom. The van der Waals surface area contributed by atoms with Gasteiger partial charge in [0, 0.05) is 0 Å². The number of ether oxygens (including phenoxy) is 1. The predicted octanol–water partition coefficient (Wildman–Crippen LogP) is 3.45. The zero-order chi connectivity index (χ0) is 12.0. The molecule has 0 aliphatic heterocycles. The van der Waals surface area contributed by atoms with Crippen LogP contribution in [0.2, 0.25) is 0 Å². The van der Waals surface area contributed by atoms with Gasteiger partial charge in [-0.2, -0.15) is 0 Å². The van der Waals surface area contributed by atoms with Crippen molar-refractivity contribution in [3.8, 4) is 5.75 Å². The summed E-state index contributed by atoms with van der Waals surface area (Å²) in [6.07, 6.45) is 2.50. The molecule has 0 fully saturated rings. The lowest BCUT2D eigenvalue weighted by Gasteiger charge is -2.09. The van der Waals surface area contributed by atoms with E-state index in [4.69, 9.17) is 4.74 Å². The molecule has 1 aromatic rings. The number of rotatable bonds is 6. The highest BCUT2D eigenvalue weighted by molar-refractivity contribution is 5.30. The molecule has 0 heterocycles. The van der Waals surface area contributed by atoms with Crippen LogP contribution in [0.1, 0.15) is 44.8 Å². The summed E-state index contributed by atoms with van der Waals surface area (Å²) in [5.41, 5.74) is 0.568. The Kier molecular flexibility index (Phi) is 5.26. The molecule has 1 unspecified atom stereocenters. The van der Waals surface area contributed by atoms with Crippen molar-refractivity contribution in [2.45, 2.75) is 39.2 Å². The van der Waals surface area contributed by atoms with Gasteiger partial charge in [0.25, 0.3) is 0 Å². The molecular weight excluding hydrogens is 207 g/mol. The third kappa shape index (κ3) is 3.81. The van der Waals surface area contributed by atoms with Gasteiger partial charge >= 0.3 is 0 Å². The van der Waals surface area contributed by atoms with E-state index in [0.29, 0.717) is 12.2 Å². The Morgan fingerprint density at radius 2 is 2.12 bits per heavy atom. The third-order valence-corrected chi connectivity index (χ3v) is 2.44. The molecule has 90 valence electrons. The second kappa shape index (κ2) is 6.48. The summed E-state index contributed by atoms with van der Waals surface area (Å²) in [5.74, 6) is -0.143. The van der Waals surface area contributed by atoms with Crippen molar-refractivity contribution in [1.29, 1.82) is 0 Å². The molecule has 0 bridgehead atoms. The molecule has 1 atom stereocenters. The molecular formula is C13H19FO2. The van der Waals surface area contributed by atoms with Crippen molar-refractivity contribution in [3.05, 3.63) is 29.6 Å². The Morgan fingerprint density at radius 1 is 1.38 bits per heavy atom. The normalized spacial score (nSPS) is 12.5. The highest BCUT2D eigenvalue weighted by atomic mass is 19.1. The van der Waals surface area contributed by atoms with E-state index in [1.165, 1.54) is 6.07 Å². The lowest BCUT2D eigenvalue weighted by Crippen LogP contribution is -2.00. The second-order valence-electron chi connectivity index (χ2n) is 3.92. The van der Waals surface area contributed by atoms with Crippen molar-refractivity contribution in [3.63, 3.8) is 0 Å². The number of unbranched alkanes of at least 4 members (excludes halogenated alkanes) is 2. The van der Waals surface area contributed by atoms with Crippen LogP contribution in [0.5, 0.6) is 5.75 Å². The van der Waals surface area contributed by atoms with E-state index in [1.807, 2.05) is 0 Å². The summed E-state index contributed by atoms with van der Waals surface area (Å²) in [6, 6.07) is 4.58. The van der Waals surface area contributed by atoms with Gasteiger partial charge in [-0.1, -0.05) is 25.8 Å². The minimum absolute atomic E-state index is 0.264. The van der Waals surface area contributed by atoms with E-state index in [-0.39, 0.29) is 5.75 Å². The standard InChI is InChI=1S/C13H19FO2/c1-3-4-5-8-16-13-7-6-11(10(2)15)9-12(13)14/h6-7,9-10,15H,3-5,8H2,1-2H3. The van der Waals surface area contributed by atoms with Crippen LogP contribution in [0.3, 0.4) is 0 Å². The average molecular weight is 226 g/mol. The Labute approximate surface area is 96.1 Å². The highest BCUT2D eigenvalue weighted by Crippen LogP contribution is 2.22. The van der Waals surface area contributed by atoms with E-state index in [2.05, 4.69) is 6.92 Å². The fraction of sp³-hybridized carbons (Fsp3) is 0.538. The summed E-state index contributed by atoms with van der Waals surface area (Å²) >= 11 is 0. The van der Waals surface area contributed by atoms with Crippen LogP contribution in [0, 0.1) is 5.82 Å². The number of hydrogen-bond acceptors (Lipinski definition) is 2. The second-order valence-corrected chi connectivity index (χ2v) is 3.92. The first-order chi connectivity index (χ1) is 7.65. The van der Waals surface area contributed by atoms with E-state index < -0.39 is 11.9 Å². The lowest BCUT2D eigenvalue weighted by atomic mass is 10.1. The van der Waals surface area contributed by atoms with Crippen LogP contribution < -0.4 is 4.74 Å². The SMILES string of the molecule is CCCCCOc1ccc(C(C)O)cc1F. The smallest absolute Gasteiger partial charge is 0.165 e.